The molecule has 0 atom stereocenters. The molecule has 4 rings (SSSR count). The molecule has 0 unspecified atom stereocenters. The molecule has 0 aliphatic rings. The predicted molar refractivity (Wildman–Crippen MR) is 104 cm³/mol. The highest BCUT2D eigenvalue weighted by atomic mass is 16.2. The quantitative estimate of drug-likeness (QED) is 0.521. The number of amides is 2. The maximum absolute atomic E-state index is 12.5. The molecule has 0 radical (unpaired) electrons. The van der Waals surface area contributed by atoms with Crippen molar-refractivity contribution in [2.45, 2.75) is 6.92 Å². The summed E-state index contributed by atoms with van der Waals surface area (Å²) in [6, 6.07) is 14.7. The zero-order valence-electron chi connectivity index (χ0n) is 14.6. The van der Waals surface area contributed by atoms with Gasteiger partial charge in [-0.15, -0.1) is 0 Å². The first-order valence-corrected chi connectivity index (χ1v) is 8.59. The van der Waals surface area contributed by atoms with Crippen molar-refractivity contribution >= 4 is 39.6 Å². The molecule has 4 aromatic rings. The molecule has 134 valence electrons. The molecule has 7 nitrogen and oxygen atoms in total. The van der Waals surface area contributed by atoms with Crippen LogP contribution in [0.2, 0.25) is 0 Å². The number of aromatic nitrogens is 3. The summed E-state index contributed by atoms with van der Waals surface area (Å²) in [5.74, 6) is -0.315. The molecule has 0 fully saturated rings. The van der Waals surface area contributed by atoms with E-state index in [-0.39, 0.29) is 23.5 Å². The number of pyridine rings is 1. The normalized spacial score (nSPS) is 10.9. The molecule has 2 aromatic heterocycles. The van der Waals surface area contributed by atoms with Crippen molar-refractivity contribution in [1.82, 2.24) is 20.3 Å². The Morgan fingerprint density at radius 1 is 1.04 bits per heavy atom. The highest BCUT2D eigenvalue weighted by molar-refractivity contribution is 6.07. The van der Waals surface area contributed by atoms with E-state index in [9.17, 15) is 9.59 Å². The number of nitrogens with one attached hydrogen (secondary N) is 3. The van der Waals surface area contributed by atoms with Crippen LogP contribution in [0.5, 0.6) is 0 Å². The third-order valence-electron chi connectivity index (χ3n) is 4.19. The maximum Gasteiger partial charge on any atom is 0.276 e. The summed E-state index contributed by atoms with van der Waals surface area (Å²) in [4.78, 5) is 36.3. The molecule has 3 N–H and O–H groups in total. The lowest BCUT2D eigenvalue weighted by atomic mass is 10.1. The minimum atomic E-state index is -0.376. The first-order valence-electron chi connectivity index (χ1n) is 8.59. The summed E-state index contributed by atoms with van der Waals surface area (Å²) in [6.07, 6.45) is 1.66. The lowest BCUT2D eigenvalue weighted by Crippen LogP contribution is -2.22. The summed E-state index contributed by atoms with van der Waals surface area (Å²) < 4.78 is 0. The van der Waals surface area contributed by atoms with E-state index in [1.165, 1.54) is 0 Å². The second-order valence-electron chi connectivity index (χ2n) is 6.02. The Morgan fingerprint density at radius 3 is 2.67 bits per heavy atom. The molecule has 0 saturated heterocycles. The number of carbonyl (C=O) groups excluding carboxylic acids is 2. The van der Waals surface area contributed by atoms with Crippen molar-refractivity contribution in [3.8, 4) is 0 Å². The molecule has 0 bridgehead atoms. The van der Waals surface area contributed by atoms with Crippen LogP contribution in [0.1, 0.15) is 27.8 Å². The molecule has 0 saturated carbocycles. The average Bonchev–Trinajstić information content (AvgIpc) is 3.10. The number of imidazole rings is 1. The molecular formula is C20H17N5O2. The Hall–Kier alpha value is -3.74. The number of anilines is 1. The zero-order valence-corrected chi connectivity index (χ0v) is 14.6. The van der Waals surface area contributed by atoms with E-state index in [1.807, 2.05) is 31.2 Å². The van der Waals surface area contributed by atoms with Gasteiger partial charge in [-0.05, 0) is 30.5 Å². The van der Waals surface area contributed by atoms with E-state index in [0.717, 1.165) is 10.8 Å². The number of rotatable bonds is 4. The molecule has 0 aliphatic carbocycles. The van der Waals surface area contributed by atoms with Gasteiger partial charge in [0.2, 0.25) is 5.95 Å². The van der Waals surface area contributed by atoms with E-state index in [4.69, 9.17) is 0 Å². The van der Waals surface area contributed by atoms with Gasteiger partial charge in [-0.1, -0.05) is 30.3 Å². The van der Waals surface area contributed by atoms with Crippen LogP contribution in [0.25, 0.3) is 21.8 Å². The van der Waals surface area contributed by atoms with Gasteiger partial charge in [-0.25, -0.2) is 4.98 Å². The highest BCUT2D eigenvalue weighted by Crippen LogP contribution is 2.20. The van der Waals surface area contributed by atoms with Crippen LogP contribution in [0.15, 0.2) is 54.7 Å². The summed E-state index contributed by atoms with van der Waals surface area (Å²) in [5, 5.41) is 7.36. The minimum Gasteiger partial charge on any atom is -0.352 e. The largest absolute Gasteiger partial charge is 0.352 e. The standard InChI is InChI=1S/C20H17N5O2/c1-2-21-18(26)14-8-5-9-15-17(14)24-20(23-15)25-19(27)16-10-12-6-3-4-7-13(12)11-22-16/h3-11H,2H2,1H3,(H,21,26)(H2,23,24,25,27). The first kappa shape index (κ1) is 16.7. The van der Waals surface area contributed by atoms with E-state index in [1.54, 1.807) is 30.5 Å². The fourth-order valence-corrected chi connectivity index (χ4v) is 2.91. The Kier molecular flexibility index (Phi) is 4.25. The average molecular weight is 359 g/mol. The number of benzene rings is 2. The van der Waals surface area contributed by atoms with Crippen LogP contribution in [0.4, 0.5) is 5.95 Å². The van der Waals surface area contributed by atoms with Crippen LogP contribution in [0.3, 0.4) is 0 Å². The van der Waals surface area contributed by atoms with Crippen molar-refractivity contribution in [1.29, 1.82) is 0 Å². The topological polar surface area (TPSA) is 99.8 Å². The summed E-state index contributed by atoms with van der Waals surface area (Å²) in [7, 11) is 0. The molecule has 7 heteroatoms. The second-order valence-corrected chi connectivity index (χ2v) is 6.02. The fourth-order valence-electron chi connectivity index (χ4n) is 2.91. The molecule has 0 aliphatic heterocycles. The Balaban J connectivity index is 1.63. The van der Waals surface area contributed by atoms with Gasteiger partial charge in [-0.2, -0.15) is 0 Å². The van der Waals surface area contributed by atoms with Gasteiger partial charge in [0.1, 0.15) is 11.2 Å². The summed E-state index contributed by atoms with van der Waals surface area (Å²) in [5.41, 5.74) is 1.92. The van der Waals surface area contributed by atoms with Crippen molar-refractivity contribution in [3.05, 3.63) is 66.0 Å². The number of para-hydroxylation sites is 1. The first-order chi connectivity index (χ1) is 13.2. The smallest absolute Gasteiger partial charge is 0.276 e. The number of fused-ring (bicyclic) bond motifs is 2. The fraction of sp³-hybridized carbons (Fsp3) is 0.100. The van der Waals surface area contributed by atoms with Crippen LogP contribution < -0.4 is 10.6 Å². The van der Waals surface area contributed by atoms with E-state index < -0.39 is 0 Å². The number of aromatic amines is 1. The van der Waals surface area contributed by atoms with E-state index in [2.05, 4.69) is 25.6 Å². The third-order valence-corrected chi connectivity index (χ3v) is 4.19. The Bertz CT molecular complexity index is 1170. The number of hydrogen-bond donors (Lipinski definition) is 3. The van der Waals surface area contributed by atoms with Crippen molar-refractivity contribution in [3.63, 3.8) is 0 Å². The SMILES string of the molecule is CCNC(=O)c1cccc2[nH]c(NC(=O)c3cc4ccccc4cn3)nc12. The molecule has 2 amide bonds. The summed E-state index contributed by atoms with van der Waals surface area (Å²) in [6.45, 7) is 2.38. The molecule has 2 aromatic carbocycles. The third kappa shape index (κ3) is 3.22. The van der Waals surface area contributed by atoms with E-state index >= 15 is 0 Å². The molecule has 27 heavy (non-hydrogen) atoms. The number of hydrogen-bond acceptors (Lipinski definition) is 4. The zero-order chi connectivity index (χ0) is 18.8. The van der Waals surface area contributed by atoms with Gasteiger partial charge in [0.05, 0.1) is 11.1 Å². The molecular weight excluding hydrogens is 342 g/mol. The van der Waals surface area contributed by atoms with Gasteiger partial charge in [0.15, 0.2) is 0 Å². The Morgan fingerprint density at radius 2 is 1.85 bits per heavy atom. The molecule has 0 spiro atoms. The summed E-state index contributed by atoms with van der Waals surface area (Å²) >= 11 is 0. The predicted octanol–water partition coefficient (Wildman–Crippen LogP) is 3.11. The lowest BCUT2D eigenvalue weighted by molar-refractivity contribution is 0.0956. The monoisotopic (exact) mass is 359 g/mol. The maximum atomic E-state index is 12.5. The molecule has 2 heterocycles. The van der Waals surface area contributed by atoms with Crippen LogP contribution in [-0.4, -0.2) is 33.3 Å². The van der Waals surface area contributed by atoms with Crippen molar-refractivity contribution in [2.24, 2.45) is 0 Å². The van der Waals surface area contributed by atoms with Crippen LogP contribution in [-0.2, 0) is 0 Å². The lowest BCUT2D eigenvalue weighted by Gasteiger charge is -2.03. The second kappa shape index (κ2) is 6.87. The van der Waals surface area contributed by atoms with Gasteiger partial charge in [0, 0.05) is 18.1 Å². The number of H-pyrrole nitrogens is 1. The van der Waals surface area contributed by atoms with Gasteiger partial charge in [0.25, 0.3) is 11.8 Å². The van der Waals surface area contributed by atoms with Crippen molar-refractivity contribution < 1.29 is 9.59 Å². The number of carbonyl (C=O) groups is 2. The van der Waals surface area contributed by atoms with E-state index in [0.29, 0.717) is 23.1 Å². The van der Waals surface area contributed by atoms with Crippen molar-refractivity contribution in [2.75, 3.05) is 11.9 Å². The Labute approximate surface area is 154 Å². The number of nitrogens with zero attached hydrogens (tertiary/aromatic N) is 2. The van der Waals surface area contributed by atoms with Gasteiger partial charge >= 0.3 is 0 Å². The van der Waals surface area contributed by atoms with Gasteiger partial charge in [-0.3, -0.25) is 19.9 Å². The van der Waals surface area contributed by atoms with Gasteiger partial charge < -0.3 is 10.3 Å². The minimum absolute atomic E-state index is 0.205. The van der Waals surface area contributed by atoms with Crippen LogP contribution in [0, 0.1) is 0 Å². The van der Waals surface area contributed by atoms with Crippen LogP contribution >= 0.6 is 0 Å². The highest BCUT2D eigenvalue weighted by Gasteiger charge is 2.15.